The predicted molar refractivity (Wildman–Crippen MR) is 86.9 cm³/mol. The van der Waals surface area contributed by atoms with E-state index in [-0.39, 0.29) is 23.8 Å². The van der Waals surface area contributed by atoms with Gasteiger partial charge in [0.25, 0.3) is 11.5 Å². The number of amides is 1. The van der Waals surface area contributed by atoms with Crippen LogP contribution < -0.4 is 5.56 Å². The summed E-state index contributed by atoms with van der Waals surface area (Å²) < 4.78 is 1.41. The van der Waals surface area contributed by atoms with E-state index in [4.69, 9.17) is 11.6 Å². The van der Waals surface area contributed by atoms with Gasteiger partial charge >= 0.3 is 0 Å². The lowest BCUT2D eigenvalue weighted by Crippen LogP contribution is -2.40. The zero-order valence-electron chi connectivity index (χ0n) is 12.5. The van der Waals surface area contributed by atoms with Gasteiger partial charge in [0, 0.05) is 31.6 Å². The largest absolute Gasteiger partial charge is 0.331 e. The number of carbonyl (C=O) groups is 1. The molecule has 0 unspecified atom stereocenters. The van der Waals surface area contributed by atoms with E-state index in [1.807, 2.05) is 0 Å². The summed E-state index contributed by atoms with van der Waals surface area (Å²) in [6.07, 6.45) is 5.09. The Labute approximate surface area is 141 Å². The fraction of sp³-hybridized carbons (Fsp3) is 0.188. The summed E-state index contributed by atoms with van der Waals surface area (Å²) in [6.45, 7) is 0.661. The third-order valence-electron chi connectivity index (χ3n) is 3.98. The first-order valence-corrected chi connectivity index (χ1v) is 7.77. The molecule has 0 bridgehead atoms. The number of halogens is 1. The van der Waals surface area contributed by atoms with Crippen molar-refractivity contribution in [2.75, 3.05) is 6.54 Å². The molecule has 4 heterocycles. The summed E-state index contributed by atoms with van der Waals surface area (Å²) in [5.74, 6) is -0.172. The molecule has 120 valence electrons. The van der Waals surface area contributed by atoms with Crippen LogP contribution in [0.5, 0.6) is 0 Å². The van der Waals surface area contributed by atoms with Crippen molar-refractivity contribution in [1.29, 1.82) is 0 Å². The van der Waals surface area contributed by atoms with Gasteiger partial charge in [-0.25, -0.2) is 15.0 Å². The molecule has 8 heteroatoms. The van der Waals surface area contributed by atoms with Crippen LogP contribution >= 0.6 is 11.6 Å². The fourth-order valence-electron chi connectivity index (χ4n) is 2.80. The highest BCUT2D eigenvalue weighted by Gasteiger charge is 2.26. The van der Waals surface area contributed by atoms with E-state index in [0.29, 0.717) is 29.2 Å². The maximum Gasteiger partial charge on any atom is 0.291 e. The Morgan fingerprint density at radius 2 is 2.00 bits per heavy atom. The molecule has 0 atom stereocenters. The van der Waals surface area contributed by atoms with Gasteiger partial charge in [-0.2, -0.15) is 0 Å². The zero-order chi connectivity index (χ0) is 16.7. The first-order chi connectivity index (χ1) is 11.6. The SMILES string of the molecule is O=C(c1ncccn1)N1CCc2nc3ccc(Cl)cn3c(=O)c2C1. The van der Waals surface area contributed by atoms with Crippen LogP contribution in [0.1, 0.15) is 21.9 Å². The van der Waals surface area contributed by atoms with Crippen molar-refractivity contribution in [3.63, 3.8) is 0 Å². The highest BCUT2D eigenvalue weighted by molar-refractivity contribution is 6.30. The van der Waals surface area contributed by atoms with Crippen molar-refractivity contribution < 1.29 is 4.79 Å². The molecule has 3 aromatic heterocycles. The second-order valence-corrected chi connectivity index (χ2v) is 5.90. The molecule has 0 saturated carbocycles. The molecule has 7 nitrogen and oxygen atoms in total. The molecule has 0 saturated heterocycles. The van der Waals surface area contributed by atoms with Crippen molar-refractivity contribution in [2.24, 2.45) is 0 Å². The molecular weight excluding hydrogens is 330 g/mol. The van der Waals surface area contributed by atoms with Crippen molar-refractivity contribution in [3.05, 3.63) is 69.2 Å². The number of carbonyl (C=O) groups excluding carboxylic acids is 1. The van der Waals surface area contributed by atoms with Crippen molar-refractivity contribution in [2.45, 2.75) is 13.0 Å². The maximum absolute atomic E-state index is 12.7. The standard InChI is InChI=1S/C16H12ClN5O2/c17-10-2-3-13-20-12-4-7-21(9-11(12)15(23)22(13)8-10)16(24)14-18-5-1-6-19-14/h1-3,5-6,8H,4,7,9H2. The fourth-order valence-corrected chi connectivity index (χ4v) is 2.96. The molecule has 0 aliphatic carbocycles. The van der Waals surface area contributed by atoms with Crippen LogP contribution in [0.2, 0.25) is 5.02 Å². The molecule has 0 radical (unpaired) electrons. The normalized spacial score (nSPS) is 13.8. The van der Waals surface area contributed by atoms with Gasteiger partial charge in [-0.05, 0) is 18.2 Å². The van der Waals surface area contributed by atoms with Gasteiger partial charge < -0.3 is 4.90 Å². The number of nitrogens with zero attached hydrogens (tertiary/aromatic N) is 5. The van der Waals surface area contributed by atoms with Gasteiger partial charge in [0.15, 0.2) is 0 Å². The lowest BCUT2D eigenvalue weighted by Gasteiger charge is -2.27. The molecule has 24 heavy (non-hydrogen) atoms. The predicted octanol–water partition coefficient (Wildman–Crippen LogP) is 1.34. The topological polar surface area (TPSA) is 80.5 Å². The molecule has 0 spiro atoms. The summed E-state index contributed by atoms with van der Waals surface area (Å²) >= 11 is 5.96. The number of aromatic nitrogens is 4. The second-order valence-electron chi connectivity index (χ2n) is 5.47. The van der Waals surface area contributed by atoms with E-state index >= 15 is 0 Å². The van der Waals surface area contributed by atoms with Crippen LogP contribution in [0.15, 0.2) is 41.6 Å². The summed E-state index contributed by atoms with van der Waals surface area (Å²) in [6, 6.07) is 5.05. The van der Waals surface area contributed by atoms with Crippen molar-refractivity contribution in [3.8, 4) is 0 Å². The molecule has 0 aromatic carbocycles. The lowest BCUT2D eigenvalue weighted by atomic mass is 10.1. The van der Waals surface area contributed by atoms with E-state index in [2.05, 4.69) is 15.0 Å². The number of fused-ring (bicyclic) bond motifs is 2. The minimum Gasteiger partial charge on any atom is -0.331 e. The third-order valence-corrected chi connectivity index (χ3v) is 4.20. The Balaban J connectivity index is 1.75. The van der Waals surface area contributed by atoms with E-state index in [1.165, 1.54) is 23.0 Å². The molecule has 1 amide bonds. The van der Waals surface area contributed by atoms with Crippen LogP contribution in [-0.4, -0.2) is 36.7 Å². The molecular formula is C16H12ClN5O2. The van der Waals surface area contributed by atoms with Gasteiger partial charge in [0.2, 0.25) is 5.82 Å². The van der Waals surface area contributed by atoms with Gasteiger partial charge in [-0.15, -0.1) is 0 Å². The summed E-state index contributed by atoms with van der Waals surface area (Å²) in [4.78, 5) is 39.3. The average Bonchev–Trinajstić information content (AvgIpc) is 2.62. The van der Waals surface area contributed by atoms with Crippen LogP contribution in [0.25, 0.3) is 5.65 Å². The minimum atomic E-state index is -0.295. The van der Waals surface area contributed by atoms with E-state index in [0.717, 1.165) is 5.69 Å². The summed E-state index contributed by atoms with van der Waals surface area (Å²) in [5.41, 5.74) is 1.57. The van der Waals surface area contributed by atoms with Crippen LogP contribution in [-0.2, 0) is 13.0 Å². The Kier molecular flexibility index (Phi) is 3.50. The highest BCUT2D eigenvalue weighted by Crippen LogP contribution is 2.17. The third kappa shape index (κ3) is 2.43. The minimum absolute atomic E-state index is 0.123. The molecule has 3 aromatic rings. The Bertz CT molecular complexity index is 1000. The van der Waals surface area contributed by atoms with Crippen LogP contribution in [0.4, 0.5) is 0 Å². The first kappa shape index (κ1) is 14.8. The second kappa shape index (κ2) is 5.68. The molecule has 0 N–H and O–H groups in total. The zero-order valence-corrected chi connectivity index (χ0v) is 13.3. The van der Waals surface area contributed by atoms with Crippen LogP contribution in [0.3, 0.4) is 0 Å². The lowest BCUT2D eigenvalue weighted by molar-refractivity contribution is 0.0720. The average molecular weight is 342 g/mol. The van der Waals surface area contributed by atoms with Crippen LogP contribution in [0, 0.1) is 0 Å². The van der Waals surface area contributed by atoms with E-state index in [9.17, 15) is 9.59 Å². The smallest absolute Gasteiger partial charge is 0.291 e. The van der Waals surface area contributed by atoms with Gasteiger partial charge in [-0.3, -0.25) is 14.0 Å². The number of rotatable bonds is 1. The number of hydrogen-bond donors (Lipinski definition) is 0. The molecule has 0 fully saturated rings. The van der Waals surface area contributed by atoms with Gasteiger partial charge in [0.1, 0.15) is 5.65 Å². The maximum atomic E-state index is 12.7. The van der Waals surface area contributed by atoms with Gasteiger partial charge in [0.05, 0.1) is 22.8 Å². The Morgan fingerprint density at radius 1 is 1.21 bits per heavy atom. The van der Waals surface area contributed by atoms with Crippen molar-refractivity contribution >= 4 is 23.2 Å². The molecule has 1 aliphatic heterocycles. The number of pyridine rings is 1. The van der Waals surface area contributed by atoms with Crippen molar-refractivity contribution in [1.82, 2.24) is 24.3 Å². The molecule has 4 rings (SSSR count). The van der Waals surface area contributed by atoms with E-state index in [1.54, 1.807) is 23.1 Å². The summed E-state index contributed by atoms with van der Waals surface area (Å²) in [7, 11) is 0. The molecule has 1 aliphatic rings. The summed E-state index contributed by atoms with van der Waals surface area (Å²) in [5, 5.41) is 0.452. The van der Waals surface area contributed by atoms with Gasteiger partial charge in [-0.1, -0.05) is 11.6 Å². The highest BCUT2D eigenvalue weighted by atomic mass is 35.5. The quantitative estimate of drug-likeness (QED) is 0.667. The first-order valence-electron chi connectivity index (χ1n) is 7.39. The van der Waals surface area contributed by atoms with E-state index < -0.39 is 0 Å². The Morgan fingerprint density at radius 3 is 2.79 bits per heavy atom. The number of hydrogen-bond acceptors (Lipinski definition) is 5. The monoisotopic (exact) mass is 341 g/mol. The Hall–Kier alpha value is -2.80.